The van der Waals surface area contributed by atoms with E-state index in [9.17, 15) is 4.79 Å². The van der Waals surface area contributed by atoms with Gasteiger partial charge >= 0.3 is 0 Å². The van der Waals surface area contributed by atoms with Crippen LogP contribution in [0.1, 0.15) is 31.4 Å². The van der Waals surface area contributed by atoms with Crippen LogP contribution in [0.15, 0.2) is 30.3 Å². The van der Waals surface area contributed by atoms with E-state index < -0.39 is 0 Å². The molecule has 0 bridgehead atoms. The monoisotopic (exact) mass is 217 g/mol. The van der Waals surface area contributed by atoms with Gasteiger partial charge in [-0.3, -0.25) is 4.79 Å². The summed E-state index contributed by atoms with van der Waals surface area (Å²) in [7, 11) is 0. The first-order chi connectivity index (χ1) is 7.56. The van der Waals surface area contributed by atoms with Gasteiger partial charge in [0, 0.05) is 5.92 Å². The van der Waals surface area contributed by atoms with Crippen molar-refractivity contribution in [3.05, 3.63) is 41.5 Å². The summed E-state index contributed by atoms with van der Waals surface area (Å²) in [6.07, 6.45) is 2.76. The van der Waals surface area contributed by atoms with Crippen molar-refractivity contribution >= 4 is 11.5 Å². The van der Waals surface area contributed by atoms with E-state index in [1.54, 1.807) is 0 Å². The fourth-order valence-electron chi connectivity index (χ4n) is 1.75. The molecule has 16 heavy (non-hydrogen) atoms. The maximum Gasteiger partial charge on any atom is 0.220 e. The third-order valence-corrected chi connectivity index (χ3v) is 2.85. The molecule has 1 rings (SSSR count). The molecule has 0 aromatic heterocycles. The molecule has 2 N–H and O–H groups in total. The maximum atomic E-state index is 11.1. The molecular formula is C14H19NO. The van der Waals surface area contributed by atoms with E-state index >= 15 is 0 Å². The van der Waals surface area contributed by atoms with Gasteiger partial charge in [0.05, 0.1) is 0 Å². The second kappa shape index (κ2) is 5.50. The van der Waals surface area contributed by atoms with Crippen molar-refractivity contribution in [2.75, 3.05) is 0 Å². The average molecular weight is 217 g/mol. The predicted octanol–water partition coefficient (Wildman–Crippen LogP) is 2.91. The Bertz CT molecular complexity index is 407. The second-order valence-corrected chi connectivity index (χ2v) is 4.14. The van der Waals surface area contributed by atoms with Crippen LogP contribution in [-0.2, 0) is 4.79 Å². The van der Waals surface area contributed by atoms with Crippen molar-refractivity contribution in [2.45, 2.75) is 27.2 Å². The highest BCUT2D eigenvalue weighted by Gasteiger charge is 2.13. The predicted molar refractivity (Wildman–Crippen MR) is 67.8 cm³/mol. The van der Waals surface area contributed by atoms with Gasteiger partial charge in [-0.1, -0.05) is 37.3 Å². The summed E-state index contributed by atoms with van der Waals surface area (Å²) in [5, 5.41) is 0. The van der Waals surface area contributed by atoms with E-state index in [-0.39, 0.29) is 11.8 Å². The minimum absolute atomic E-state index is 0.120. The Hall–Kier alpha value is -1.57. The normalized spacial score (nSPS) is 13.6. The molecule has 0 saturated heterocycles. The van der Waals surface area contributed by atoms with Crippen LogP contribution in [0.4, 0.5) is 0 Å². The smallest absolute Gasteiger partial charge is 0.220 e. The fourth-order valence-corrected chi connectivity index (χ4v) is 1.75. The molecule has 86 valence electrons. The molecule has 2 heteroatoms. The molecular weight excluding hydrogens is 198 g/mol. The van der Waals surface area contributed by atoms with E-state index in [0.717, 1.165) is 0 Å². The van der Waals surface area contributed by atoms with E-state index in [1.807, 2.05) is 26.0 Å². The summed E-state index contributed by atoms with van der Waals surface area (Å²) in [6.45, 7) is 5.94. The van der Waals surface area contributed by atoms with Crippen LogP contribution in [-0.4, -0.2) is 5.91 Å². The molecule has 1 unspecified atom stereocenters. The van der Waals surface area contributed by atoms with Crippen molar-refractivity contribution in [3.8, 4) is 0 Å². The molecule has 1 amide bonds. The molecule has 0 aliphatic heterocycles. The van der Waals surface area contributed by atoms with Gasteiger partial charge in [0.2, 0.25) is 5.91 Å². The van der Waals surface area contributed by atoms with Crippen molar-refractivity contribution in [3.63, 3.8) is 0 Å². The van der Waals surface area contributed by atoms with Gasteiger partial charge in [-0.05, 0) is 37.0 Å². The van der Waals surface area contributed by atoms with E-state index in [2.05, 4.69) is 25.1 Å². The number of aryl methyl sites for hydroxylation is 1. The highest BCUT2D eigenvalue weighted by molar-refractivity contribution is 5.79. The first-order valence-corrected chi connectivity index (χ1v) is 5.56. The Morgan fingerprint density at radius 2 is 2.06 bits per heavy atom. The molecule has 0 heterocycles. The van der Waals surface area contributed by atoms with Crippen LogP contribution in [0.5, 0.6) is 0 Å². The zero-order chi connectivity index (χ0) is 12.1. The number of amides is 1. The van der Waals surface area contributed by atoms with Crippen LogP contribution in [0.25, 0.3) is 5.57 Å². The highest BCUT2D eigenvalue weighted by Crippen LogP contribution is 2.25. The lowest BCUT2D eigenvalue weighted by atomic mass is 9.92. The molecule has 0 aliphatic carbocycles. The number of hydrogen-bond donors (Lipinski definition) is 1. The van der Waals surface area contributed by atoms with Crippen LogP contribution < -0.4 is 5.73 Å². The Labute approximate surface area is 97.2 Å². The standard InChI is InChI=1S/C14H19NO/c1-4-12(9-11(3)14(15)16)13-8-6-5-7-10(13)2/h4-8,11H,9H2,1-3H3,(H2,15,16)/b12-4-. The summed E-state index contributed by atoms with van der Waals surface area (Å²) in [6, 6.07) is 8.19. The van der Waals surface area contributed by atoms with Gasteiger partial charge < -0.3 is 5.73 Å². The van der Waals surface area contributed by atoms with Crippen molar-refractivity contribution in [2.24, 2.45) is 11.7 Å². The van der Waals surface area contributed by atoms with Gasteiger partial charge in [0.25, 0.3) is 0 Å². The third kappa shape index (κ3) is 2.96. The van der Waals surface area contributed by atoms with Crippen LogP contribution >= 0.6 is 0 Å². The summed E-state index contributed by atoms with van der Waals surface area (Å²) >= 11 is 0. The minimum atomic E-state index is -0.243. The van der Waals surface area contributed by atoms with Gasteiger partial charge in [-0.25, -0.2) is 0 Å². The van der Waals surface area contributed by atoms with E-state index in [0.29, 0.717) is 6.42 Å². The molecule has 1 aromatic carbocycles. The SMILES string of the molecule is C/C=C(/CC(C)C(N)=O)c1ccccc1C. The molecule has 0 fully saturated rings. The van der Waals surface area contributed by atoms with Gasteiger partial charge in [0.15, 0.2) is 0 Å². The first kappa shape index (κ1) is 12.5. The van der Waals surface area contributed by atoms with Gasteiger partial charge in [-0.2, -0.15) is 0 Å². The minimum Gasteiger partial charge on any atom is -0.369 e. The van der Waals surface area contributed by atoms with Gasteiger partial charge in [0.1, 0.15) is 0 Å². The first-order valence-electron chi connectivity index (χ1n) is 5.56. The second-order valence-electron chi connectivity index (χ2n) is 4.14. The summed E-state index contributed by atoms with van der Waals surface area (Å²) < 4.78 is 0. The van der Waals surface area contributed by atoms with Gasteiger partial charge in [-0.15, -0.1) is 0 Å². The number of nitrogens with two attached hydrogens (primary N) is 1. The molecule has 0 radical (unpaired) electrons. The quantitative estimate of drug-likeness (QED) is 0.828. The Kier molecular flexibility index (Phi) is 4.29. The van der Waals surface area contributed by atoms with Crippen LogP contribution in [0.2, 0.25) is 0 Å². The van der Waals surface area contributed by atoms with Crippen LogP contribution in [0, 0.1) is 12.8 Å². The molecule has 0 spiro atoms. The summed E-state index contributed by atoms with van der Waals surface area (Å²) in [5.74, 6) is -0.362. The molecule has 0 aliphatic rings. The molecule has 2 nitrogen and oxygen atoms in total. The number of hydrogen-bond acceptors (Lipinski definition) is 1. The summed E-state index contributed by atoms with van der Waals surface area (Å²) in [4.78, 5) is 11.1. The number of carbonyl (C=O) groups is 1. The number of allylic oxidation sites excluding steroid dienone is 2. The fraction of sp³-hybridized carbons (Fsp3) is 0.357. The lowest BCUT2D eigenvalue weighted by Crippen LogP contribution is -2.20. The highest BCUT2D eigenvalue weighted by atomic mass is 16.1. The Morgan fingerprint density at radius 1 is 1.44 bits per heavy atom. The van der Waals surface area contributed by atoms with Crippen LogP contribution in [0.3, 0.4) is 0 Å². The maximum absolute atomic E-state index is 11.1. The molecule has 1 aromatic rings. The lowest BCUT2D eigenvalue weighted by molar-refractivity contribution is -0.121. The Morgan fingerprint density at radius 3 is 2.56 bits per heavy atom. The number of primary amides is 1. The largest absolute Gasteiger partial charge is 0.369 e. The van der Waals surface area contributed by atoms with Crippen molar-refractivity contribution in [1.29, 1.82) is 0 Å². The number of carbonyl (C=O) groups excluding carboxylic acids is 1. The number of rotatable bonds is 4. The average Bonchev–Trinajstić information content (AvgIpc) is 2.26. The van der Waals surface area contributed by atoms with Crippen molar-refractivity contribution < 1.29 is 4.79 Å². The molecule has 1 atom stereocenters. The number of benzene rings is 1. The van der Waals surface area contributed by atoms with E-state index in [1.165, 1.54) is 16.7 Å². The zero-order valence-corrected chi connectivity index (χ0v) is 10.2. The summed E-state index contributed by atoms with van der Waals surface area (Å²) in [5.41, 5.74) is 8.91. The lowest BCUT2D eigenvalue weighted by Gasteiger charge is -2.13. The van der Waals surface area contributed by atoms with E-state index in [4.69, 9.17) is 5.73 Å². The molecule has 0 saturated carbocycles. The zero-order valence-electron chi connectivity index (χ0n) is 10.2. The van der Waals surface area contributed by atoms with Crippen molar-refractivity contribution in [1.82, 2.24) is 0 Å². The topological polar surface area (TPSA) is 43.1 Å². The third-order valence-electron chi connectivity index (χ3n) is 2.85. The Balaban J connectivity index is 2.93.